The molecule has 0 aromatic rings. The van der Waals surface area contributed by atoms with E-state index in [0.29, 0.717) is 18.5 Å². The fraction of sp³-hybridized carbons (Fsp3) is 0.846. The van der Waals surface area contributed by atoms with Gasteiger partial charge in [-0.2, -0.15) is 0 Å². The highest BCUT2D eigenvalue weighted by atomic mass is 35.5. The van der Waals surface area contributed by atoms with Gasteiger partial charge < -0.3 is 11.1 Å². The Hall–Kier alpha value is -0.210. The summed E-state index contributed by atoms with van der Waals surface area (Å²) in [6.45, 7) is 11.7. The normalized spacial score (nSPS) is 14.0. The van der Waals surface area contributed by atoms with Crippen LogP contribution in [0.2, 0.25) is 0 Å². The zero-order valence-corrected chi connectivity index (χ0v) is 12.1. The molecule has 0 aromatic heterocycles. The Morgan fingerprint density at radius 2 is 1.88 bits per heavy atom. The average molecular weight is 247 g/mol. The second-order valence-electron chi connectivity index (χ2n) is 5.79. The van der Waals surface area contributed by atoms with Crippen LogP contribution in [0, 0.1) is 5.41 Å². The van der Waals surface area contributed by atoms with Crippen LogP contribution in [0.15, 0.2) is 11.3 Å². The molecule has 3 N–H and O–H groups in total. The van der Waals surface area contributed by atoms with Crippen molar-refractivity contribution >= 4 is 11.6 Å². The minimum atomic E-state index is 0.267. The summed E-state index contributed by atoms with van der Waals surface area (Å²) in [6.07, 6.45) is 1.90. The number of hydrogen-bond donors (Lipinski definition) is 2. The Labute approximate surface area is 106 Å². The van der Waals surface area contributed by atoms with Crippen molar-refractivity contribution in [3.63, 3.8) is 0 Å². The van der Waals surface area contributed by atoms with E-state index in [9.17, 15) is 0 Å². The third-order valence-corrected chi connectivity index (χ3v) is 2.53. The van der Waals surface area contributed by atoms with E-state index in [4.69, 9.17) is 17.3 Å². The summed E-state index contributed by atoms with van der Waals surface area (Å²) in [6, 6.07) is 0.438. The first-order valence-electron chi connectivity index (χ1n) is 6.03. The van der Waals surface area contributed by atoms with Crippen molar-refractivity contribution in [1.82, 2.24) is 5.32 Å². The quantitative estimate of drug-likeness (QED) is 0.706. The van der Waals surface area contributed by atoms with Crippen LogP contribution in [0.1, 0.15) is 47.5 Å². The third kappa shape index (κ3) is 7.13. The molecule has 0 aliphatic heterocycles. The van der Waals surface area contributed by atoms with Crippen molar-refractivity contribution in [2.75, 3.05) is 12.4 Å². The van der Waals surface area contributed by atoms with Crippen LogP contribution >= 0.6 is 11.6 Å². The predicted molar refractivity (Wildman–Crippen MR) is 73.8 cm³/mol. The van der Waals surface area contributed by atoms with Gasteiger partial charge in [-0.25, -0.2) is 0 Å². The van der Waals surface area contributed by atoms with Crippen molar-refractivity contribution in [3.8, 4) is 0 Å². The van der Waals surface area contributed by atoms with E-state index in [2.05, 4.69) is 39.9 Å². The lowest BCUT2D eigenvalue weighted by Crippen LogP contribution is -2.27. The molecule has 0 fully saturated rings. The number of hydrogen-bond acceptors (Lipinski definition) is 2. The summed E-state index contributed by atoms with van der Waals surface area (Å²) in [5.41, 5.74) is 8.42. The highest BCUT2D eigenvalue weighted by Crippen LogP contribution is 2.26. The largest absolute Gasteiger partial charge is 0.386 e. The Morgan fingerprint density at radius 3 is 2.19 bits per heavy atom. The molecule has 2 nitrogen and oxygen atoms in total. The SMILES string of the molecule is CC(C)N/C(CC(C)(C)C)=C(/CCl)CCN. The summed E-state index contributed by atoms with van der Waals surface area (Å²) < 4.78 is 0. The average Bonchev–Trinajstić information content (AvgIpc) is 2.09. The molecule has 0 saturated carbocycles. The van der Waals surface area contributed by atoms with E-state index in [-0.39, 0.29) is 5.41 Å². The number of rotatable bonds is 6. The second-order valence-corrected chi connectivity index (χ2v) is 6.06. The molecule has 0 aromatic carbocycles. The van der Waals surface area contributed by atoms with Gasteiger partial charge in [0.1, 0.15) is 0 Å². The smallest absolute Gasteiger partial charge is 0.0453 e. The van der Waals surface area contributed by atoms with Gasteiger partial charge in [-0.1, -0.05) is 20.8 Å². The summed E-state index contributed by atoms with van der Waals surface area (Å²) >= 11 is 6.00. The molecule has 3 heteroatoms. The highest BCUT2D eigenvalue weighted by molar-refractivity contribution is 6.19. The monoisotopic (exact) mass is 246 g/mol. The predicted octanol–water partition coefficient (Wildman–Crippen LogP) is 3.26. The molecule has 0 rings (SSSR count). The standard InChI is InChI=1S/C13H27ClN2/c1-10(2)16-12(8-13(3,4)5)11(9-14)6-7-15/h10,16H,6-9,15H2,1-5H3/b12-11+. The number of nitrogens with one attached hydrogen (secondary N) is 1. The van der Waals surface area contributed by atoms with E-state index in [1.807, 2.05) is 0 Å². The first kappa shape index (κ1) is 15.8. The van der Waals surface area contributed by atoms with Crippen LogP contribution in [0.3, 0.4) is 0 Å². The summed E-state index contributed by atoms with van der Waals surface area (Å²) in [7, 11) is 0. The van der Waals surface area contributed by atoms with E-state index >= 15 is 0 Å². The van der Waals surface area contributed by atoms with Crippen LogP contribution in [-0.4, -0.2) is 18.5 Å². The zero-order chi connectivity index (χ0) is 12.8. The van der Waals surface area contributed by atoms with Gasteiger partial charge in [-0.3, -0.25) is 0 Å². The molecule has 0 spiro atoms. The third-order valence-electron chi connectivity index (χ3n) is 2.20. The zero-order valence-electron chi connectivity index (χ0n) is 11.4. The maximum atomic E-state index is 6.00. The first-order valence-corrected chi connectivity index (χ1v) is 6.57. The molecule has 0 aliphatic rings. The number of nitrogens with two attached hydrogens (primary N) is 1. The second kappa shape index (κ2) is 7.18. The molecule has 0 heterocycles. The number of alkyl halides is 1. The maximum absolute atomic E-state index is 6.00. The molecule has 16 heavy (non-hydrogen) atoms. The summed E-state index contributed by atoms with van der Waals surface area (Å²) in [5, 5.41) is 3.51. The van der Waals surface area contributed by atoms with Gasteiger partial charge in [0.15, 0.2) is 0 Å². The number of halogens is 1. The van der Waals surface area contributed by atoms with Gasteiger partial charge in [0.2, 0.25) is 0 Å². The van der Waals surface area contributed by atoms with Gasteiger partial charge >= 0.3 is 0 Å². The molecule has 96 valence electrons. The Bertz CT molecular complexity index is 227. The van der Waals surface area contributed by atoms with Crippen LogP contribution in [0.25, 0.3) is 0 Å². The Balaban J connectivity index is 4.87. The van der Waals surface area contributed by atoms with Crippen molar-refractivity contribution in [3.05, 3.63) is 11.3 Å². The molecule has 0 aliphatic carbocycles. The van der Waals surface area contributed by atoms with Crippen molar-refractivity contribution in [2.45, 2.75) is 53.5 Å². The van der Waals surface area contributed by atoms with Gasteiger partial charge in [0.25, 0.3) is 0 Å². The van der Waals surface area contributed by atoms with Crippen LogP contribution < -0.4 is 11.1 Å². The summed E-state index contributed by atoms with van der Waals surface area (Å²) in [5.74, 6) is 0.572. The van der Waals surface area contributed by atoms with Gasteiger partial charge in [-0.15, -0.1) is 11.6 Å². The lowest BCUT2D eigenvalue weighted by atomic mass is 9.88. The van der Waals surface area contributed by atoms with Crippen LogP contribution in [0.4, 0.5) is 0 Å². The maximum Gasteiger partial charge on any atom is 0.0453 e. The Kier molecular flexibility index (Phi) is 7.09. The molecule has 0 unspecified atom stereocenters. The Morgan fingerprint density at radius 1 is 1.31 bits per heavy atom. The van der Waals surface area contributed by atoms with Gasteiger partial charge in [0, 0.05) is 17.6 Å². The fourth-order valence-electron chi connectivity index (χ4n) is 1.63. The topological polar surface area (TPSA) is 38.0 Å². The molecule has 0 saturated heterocycles. The fourth-order valence-corrected chi connectivity index (χ4v) is 1.92. The van der Waals surface area contributed by atoms with Crippen LogP contribution in [-0.2, 0) is 0 Å². The minimum Gasteiger partial charge on any atom is -0.386 e. The van der Waals surface area contributed by atoms with E-state index in [0.717, 1.165) is 12.8 Å². The molecule has 0 amide bonds. The van der Waals surface area contributed by atoms with Crippen LogP contribution in [0.5, 0.6) is 0 Å². The highest BCUT2D eigenvalue weighted by Gasteiger charge is 2.16. The molecule has 0 bridgehead atoms. The van der Waals surface area contributed by atoms with Gasteiger partial charge in [-0.05, 0) is 44.2 Å². The lowest BCUT2D eigenvalue weighted by Gasteiger charge is -2.25. The summed E-state index contributed by atoms with van der Waals surface area (Å²) in [4.78, 5) is 0. The van der Waals surface area contributed by atoms with Crippen molar-refractivity contribution in [2.24, 2.45) is 11.1 Å². The van der Waals surface area contributed by atoms with Crippen molar-refractivity contribution < 1.29 is 0 Å². The van der Waals surface area contributed by atoms with Gasteiger partial charge in [0.05, 0.1) is 0 Å². The molecule has 0 radical (unpaired) electrons. The number of allylic oxidation sites excluding steroid dienone is 1. The lowest BCUT2D eigenvalue weighted by molar-refractivity contribution is 0.390. The van der Waals surface area contributed by atoms with E-state index < -0.39 is 0 Å². The van der Waals surface area contributed by atoms with E-state index in [1.54, 1.807) is 0 Å². The minimum absolute atomic E-state index is 0.267. The van der Waals surface area contributed by atoms with Crippen molar-refractivity contribution in [1.29, 1.82) is 0 Å². The van der Waals surface area contributed by atoms with E-state index in [1.165, 1.54) is 11.3 Å². The molecular weight excluding hydrogens is 220 g/mol. The first-order chi connectivity index (χ1) is 7.30. The molecule has 0 atom stereocenters. The molecular formula is C13H27ClN2.